The van der Waals surface area contributed by atoms with Gasteiger partial charge < -0.3 is 10.1 Å². The zero-order valence-electron chi connectivity index (χ0n) is 9.57. The highest BCUT2D eigenvalue weighted by Gasteiger charge is 2.29. The predicted molar refractivity (Wildman–Crippen MR) is 63.0 cm³/mol. The first-order valence-corrected chi connectivity index (χ1v) is 5.86. The summed E-state index contributed by atoms with van der Waals surface area (Å²) < 4.78 is 5.27. The molecule has 1 aliphatic rings. The normalized spacial score (nSPS) is 18.7. The fourth-order valence-corrected chi connectivity index (χ4v) is 1.82. The van der Waals surface area contributed by atoms with Crippen molar-refractivity contribution in [3.8, 4) is 0 Å². The first-order valence-electron chi connectivity index (χ1n) is 5.49. The summed E-state index contributed by atoms with van der Waals surface area (Å²) in [7, 11) is 0. The monoisotopic (exact) mass is 255 g/mol. The Bertz CT molecular complexity index is 402. The van der Waals surface area contributed by atoms with Gasteiger partial charge in [-0.1, -0.05) is 11.6 Å². The second-order valence-electron chi connectivity index (χ2n) is 4.37. The molecule has 92 valence electrons. The van der Waals surface area contributed by atoms with E-state index < -0.39 is 0 Å². The van der Waals surface area contributed by atoms with Crippen LogP contribution in [-0.2, 0) is 4.74 Å². The van der Waals surface area contributed by atoms with Gasteiger partial charge in [-0.2, -0.15) is 0 Å². The van der Waals surface area contributed by atoms with Crippen LogP contribution in [0.4, 0.5) is 0 Å². The predicted octanol–water partition coefficient (Wildman–Crippen LogP) is 1.43. The molecule has 0 aromatic carbocycles. The van der Waals surface area contributed by atoms with E-state index in [0.29, 0.717) is 13.2 Å². The number of hydrogen-bond donors (Lipinski definition) is 1. The number of carbonyl (C=O) groups is 1. The van der Waals surface area contributed by atoms with E-state index in [-0.39, 0.29) is 22.3 Å². The van der Waals surface area contributed by atoms with Crippen molar-refractivity contribution in [3.05, 3.63) is 23.0 Å². The van der Waals surface area contributed by atoms with Crippen LogP contribution in [0.1, 0.15) is 30.3 Å². The summed E-state index contributed by atoms with van der Waals surface area (Å²) in [4.78, 5) is 11.9. The Morgan fingerprint density at radius 1 is 1.41 bits per heavy atom. The summed E-state index contributed by atoms with van der Waals surface area (Å²) in [6.45, 7) is 3.35. The van der Waals surface area contributed by atoms with Crippen LogP contribution in [0.15, 0.2) is 12.1 Å². The molecule has 1 amide bonds. The molecule has 1 saturated heterocycles. The third kappa shape index (κ3) is 3.14. The molecule has 1 aromatic heterocycles. The summed E-state index contributed by atoms with van der Waals surface area (Å²) in [6, 6.07) is 3.11. The van der Waals surface area contributed by atoms with Crippen molar-refractivity contribution in [2.75, 3.05) is 13.2 Å². The van der Waals surface area contributed by atoms with Crippen molar-refractivity contribution >= 4 is 17.5 Å². The molecule has 0 saturated carbocycles. The molecule has 0 spiro atoms. The maximum atomic E-state index is 11.9. The van der Waals surface area contributed by atoms with Crippen LogP contribution in [0.25, 0.3) is 0 Å². The van der Waals surface area contributed by atoms with Gasteiger partial charge in [0.05, 0.1) is 0 Å². The fraction of sp³-hybridized carbons (Fsp3) is 0.545. The second kappa shape index (κ2) is 4.98. The molecule has 0 bridgehead atoms. The smallest absolute Gasteiger partial charge is 0.272 e. The zero-order valence-corrected chi connectivity index (χ0v) is 10.3. The van der Waals surface area contributed by atoms with Gasteiger partial charge >= 0.3 is 0 Å². The zero-order chi connectivity index (χ0) is 12.3. The van der Waals surface area contributed by atoms with E-state index in [9.17, 15) is 4.79 Å². The number of ether oxygens (including phenoxy) is 1. The Hall–Kier alpha value is -1.20. The van der Waals surface area contributed by atoms with Crippen LogP contribution in [0, 0.1) is 0 Å². The van der Waals surface area contributed by atoms with Crippen molar-refractivity contribution < 1.29 is 9.53 Å². The van der Waals surface area contributed by atoms with Crippen molar-refractivity contribution in [2.45, 2.75) is 25.3 Å². The highest BCUT2D eigenvalue weighted by atomic mass is 35.5. The molecule has 0 atom stereocenters. The third-order valence-electron chi connectivity index (χ3n) is 2.88. The number of hydrogen-bond acceptors (Lipinski definition) is 4. The van der Waals surface area contributed by atoms with Crippen molar-refractivity contribution in [1.29, 1.82) is 0 Å². The molecule has 1 aromatic rings. The Kier molecular flexibility index (Phi) is 3.59. The van der Waals surface area contributed by atoms with Gasteiger partial charge in [0.15, 0.2) is 10.8 Å². The molecule has 6 heteroatoms. The number of nitrogens with one attached hydrogen (secondary N) is 1. The standard InChI is InChI=1S/C11H14ClN3O2/c1-11(4-6-17-7-5-11)13-10(16)8-2-3-9(12)15-14-8/h2-3H,4-7H2,1H3,(H,13,16). The van der Waals surface area contributed by atoms with E-state index in [0.717, 1.165) is 12.8 Å². The van der Waals surface area contributed by atoms with Crippen LogP contribution in [-0.4, -0.2) is 34.9 Å². The maximum absolute atomic E-state index is 11.9. The summed E-state index contributed by atoms with van der Waals surface area (Å²) in [6.07, 6.45) is 1.61. The first-order chi connectivity index (χ1) is 8.09. The van der Waals surface area contributed by atoms with Crippen LogP contribution in [0.5, 0.6) is 0 Å². The van der Waals surface area contributed by atoms with Gasteiger partial charge in [-0.05, 0) is 31.9 Å². The molecular weight excluding hydrogens is 242 g/mol. The highest BCUT2D eigenvalue weighted by Crippen LogP contribution is 2.20. The van der Waals surface area contributed by atoms with Gasteiger partial charge in [-0.3, -0.25) is 4.79 Å². The van der Waals surface area contributed by atoms with Crippen molar-refractivity contribution in [2.24, 2.45) is 0 Å². The lowest BCUT2D eigenvalue weighted by Gasteiger charge is -2.34. The molecule has 1 N–H and O–H groups in total. The Balaban J connectivity index is 2.03. The van der Waals surface area contributed by atoms with Crippen LogP contribution < -0.4 is 5.32 Å². The number of aromatic nitrogens is 2. The van der Waals surface area contributed by atoms with E-state index in [1.54, 1.807) is 12.1 Å². The SMILES string of the molecule is CC1(NC(=O)c2ccc(Cl)nn2)CCOCC1. The summed E-state index contributed by atoms with van der Waals surface area (Å²) in [5, 5.41) is 10.6. The van der Waals surface area contributed by atoms with E-state index >= 15 is 0 Å². The van der Waals surface area contributed by atoms with Crippen LogP contribution in [0.3, 0.4) is 0 Å². The summed E-state index contributed by atoms with van der Waals surface area (Å²) in [5.41, 5.74) is 0.0542. The van der Waals surface area contributed by atoms with Gasteiger partial charge in [0.1, 0.15) is 0 Å². The molecule has 0 aliphatic carbocycles. The van der Waals surface area contributed by atoms with Gasteiger partial charge in [0.25, 0.3) is 5.91 Å². The minimum absolute atomic E-state index is 0.224. The average molecular weight is 256 g/mol. The summed E-state index contributed by atoms with van der Waals surface area (Å²) >= 11 is 5.61. The Morgan fingerprint density at radius 3 is 2.71 bits per heavy atom. The number of halogens is 1. The minimum Gasteiger partial charge on any atom is -0.381 e. The van der Waals surface area contributed by atoms with E-state index in [2.05, 4.69) is 15.5 Å². The third-order valence-corrected chi connectivity index (χ3v) is 3.08. The average Bonchev–Trinajstić information content (AvgIpc) is 2.30. The molecule has 1 aliphatic heterocycles. The fourth-order valence-electron chi connectivity index (χ4n) is 1.72. The lowest BCUT2D eigenvalue weighted by atomic mass is 9.92. The van der Waals surface area contributed by atoms with E-state index in [4.69, 9.17) is 16.3 Å². The Labute approximate surface area is 105 Å². The van der Waals surface area contributed by atoms with Gasteiger partial charge in [0, 0.05) is 18.8 Å². The minimum atomic E-state index is -0.226. The summed E-state index contributed by atoms with van der Waals surface area (Å²) in [5.74, 6) is -0.224. The number of amides is 1. The first kappa shape index (κ1) is 12.3. The lowest BCUT2D eigenvalue weighted by molar-refractivity contribution is 0.0421. The van der Waals surface area contributed by atoms with Crippen molar-refractivity contribution in [1.82, 2.24) is 15.5 Å². The largest absolute Gasteiger partial charge is 0.381 e. The van der Waals surface area contributed by atoms with E-state index in [1.807, 2.05) is 6.92 Å². The topological polar surface area (TPSA) is 64.1 Å². The van der Waals surface area contributed by atoms with Crippen molar-refractivity contribution in [3.63, 3.8) is 0 Å². The second-order valence-corrected chi connectivity index (χ2v) is 4.76. The molecule has 5 nitrogen and oxygen atoms in total. The van der Waals surface area contributed by atoms with Crippen LogP contribution in [0.2, 0.25) is 5.15 Å². The number of nitrogens with zero attached hydrogens (tertiary/aromatic N) is 2. The molecule has 2 rings (SSSR count). The van der Waals surface area contributed by atoms with Gasteiger partial charge in [0.2, 0.25) is 0 Å². The molecule has 17 heavy (non-hydrogen) atoms. The molecule has 1 fully saturated rings. The highest BCUT2D eigenvalue weighted by molar-refractivity contribution is 6.29. The van der Waals surface area contributed by atoms with E-state index in [1.165, 1.54) is 0 Å². The molecule has 0 radical (unpaired) electrons. The van der Waals surface area contributed by atoms with Crippen LogP contribution >= 0.6 is 11.6 Å². The van der Waals surface area contributed by atoms with Gasteiger partial charge in [-0.15, -0.1) is 10.2 Å². The maximum Gasteiger partial charge on any atom is 0.272 e. The molecule has 0 unspecified atom stereocenters. The molecule has 2 heterocycles. The Morgan fingerprint density at radius 2 is 2.12 bits per heavy atom. The quantitative estimate of drug-likeness (QED) is 0.868. The molecular formula is C11H14ClN3O2. The number of carbonyl (C=O) groups excluding carboxylic acids is 1. The van der Waals surface area contributed by atoms with Gasteiger partial charge in [-0.25, -0.2) is 0 Å². The number of rotatable bonds is 2. The lowest BCUT2D eigenvalue weighted by Crippen LogP contribution is -2.49.